The van der Waals surface area contributed by atoms with Gasteiger partial charge in [-0.1, -0.05) is 17.7 Å². The lowest BCUT2D eigenvalue weighted by atomic mass is 10.2. The molecule has 0 aliphatic heterocycles. The summed E-state index contributed by atoms with van der Waals surface area (Å²) in [6, 6.07) is 7.78. The minimum absolute atomic E-state index is 0.0681. The van der Waals surface area contributed by atoms with Crippen LogP contribution in [0.2, 0.25) is 5.02 Å². The summed E-state index contributed by atoms with van der Waals surface area (Å²) in [7, 11) is 0. The van der Waals surface area contributed by atoms with Gasteiger partial charge < -0.3 is 10.6 Å². The number of halogens is 2. The third-order valence-electron chi connectivity index (χ3n) is 2.65. The number of carbonyl (C=O) groups excluding carboxylic acids is 1. The molecule has 2 rings (SSSR count). The monoisotopic (exact) mass is 307 g/mol. The Balaban J connectivity index is 2.13. The molecule has 0 aliphatic carbocycles. The fourth-order valence-corrected chi connectivity index (χ4v) is 2.01. The highest BCUT2D eigenvalue weighted by atomic mass is 35.5. The van der Waals surface area contributed by atoms with Gasteiger partial charge in [0.15, 0.2) is 0 Å². The molecule has 0 spiro atoms. The molecule has 0 radical (unpaired) electrons. The SMILES string of the molecule is CC(C)Nc1ccc(NC(=O)c2c(F)cccc2Cl)cn1. The van der Waals surface area contributed by atoms with Crippen LogP contribution in [0.15, 0.2) is 36.5 Å². The molecule has 0 bridgehead atoms. The summed E-state index contributed by atoms with van der Waals surface area (Å²) < 4.78 is 13.6. The van der Waals surface area contributed by atoms with Gasteiger partial charge in [0.25, 0.3) is 5.91 Å². The number of nitrogens with zero attached hydrogens (tertiary/aromatic N) is 1. The Kier molecular flexibility index (Phi) is 4.75. The number of hydrogen-bond acceptors (Lipinski definition) is 3. The van der Waals surface area contributed by atoms with E-state index in [0.29, 0.717) is 11.5 Å². The van der Waals surface area contributed by atoms with Crippen molar-refractivity contribution >= 4 is 29.0 Å². The smallest absolute Gasteiger partial charge is 0.260 e. The normalized spacial score (nSPS) is 10.5. The van der Waals surface area contributed by atoms with Crippen LogP contribution in [0.3, 0.4) is 0 Å². The topological polar surface area (TPSA) is 54.0 Å². The summed E-state index contributed by atoms with van der Waals surface area (Å²) in [5.74, 6) is -0.567. The van der Waals surface area contributed by atoms with Crippen molar-refractivity contribution in [1.82, 2.24) is 4.98 Å². The van der Waals surface area contributed by atoms with Crippen molar-refractivity contribution in [3.63, 3.8) is 0 Å². The van der Waals surface area contributed by atoms with Gasteiger partial charge >= 0.3 is 0 Å². The quantitative estimate of drug-likeness (QED) is 0.899. The van der Waals surface area contributed by atoms with E-state index in [1.54, 1.807) is 12.1 Å². The summed E-state index contributed by atoms with van der Waals surface area (Å²) in [5.41, 5.74) is 0.289. The first-order chi connectivity index (χ1) is 9.97. The predicted octanol–water partition coefficient (Wildman–Crippen LogP) is 3.95. The summed E-state index contributed by atoms with van der Waals surface area (Å²) in [6.45, 7) is 4.00. The molecule has 0 unspecified atom stereocenters. The lowest BCUT2D eigenvalue weighted by molar-refractivity contribution is 0.102. The van der Waals surface area contributed by atoms with Crippen LogP contribution >= 0.6 is 11.6 Å². The van der Waals surface area contributed by atoms with Gasteiger partial charge in [0, 0.05) is 6.04 Å². The van der Waals surface area contributed by atoms with Crippen molar-refractivity contribution in [2.24, 2.45) is 0 Å². The van der Waals surface area contributed by atoms with Gasteiger partial charge in [0.1, 0.15) is 11.6 Å². The van der Waals surface area contributed by atoms with Crippen LogP contribution < -0.4 is 10.6 Å². The molecule has 1 amide bonds. The molecular formula is C15H15ClFN3O. The highest BCUT2D eigenvalue weighted by molar-refractivity contribution is 6.34. The largest absolute Gasteiger partial charge is 0.368 e. The minimum atomic E-state index is -0.661. The van der Waals surface area contributed by atoms with Crippen molar-refractivity contribution in [2.45, 2.75) is 19.9 Å². The van der Waals surface area contributed by atoms with Crippen molar-refractivity contribution in [1.29, 1.82) is 0 Å². The zero-order valence-electron chi connectivity index (χ0n) is 11.7. The Hall–Kier alpha value is -2.14. The van der Waals surface area contributed by atoms with E-state index in [4.69, 9.17) is 11.6 Å². The minimum Gasteiger partial charge on any atom is -0.368 e. The predicted molar refractivity (Wildman–Crippen MR) is 82.4 cm³/mol. The van der Waals surface area contributed by atoms with Gasteiger partial charge in [0.05, 0.1) is 22.5 Å². The second kappa shape index (κ2) is 6.54. The van der Waals surface area contributed by atoms with Gasteiger partial charge in [-0.2, -0.15) is 0 Å². The number of benzene rings is 1. The summed E-state index contributed by atoms with van der Waals surface area (Å²) >= 11 is 5.85. The fraction of sp³-hybridized carbons (Fsp3) is 0.200. The van der Waals surface area contributed by atoms with Crippen LogP contribution in [0, 0.1) is 5.82 Å². The number of hydrogen-bond donors (Lipinski definition) is 2. The van der Waals surface area contributed by atoms with E-state index in [1.165, 1.54) is 24.4 Å². The van der Waals surface area contributed by atoms with Gasteiger partial charge in [-0.25, -0.2) is 9.37 Å². The highest BCUT2D eigenvalue weighted by Gasteiger charge is 2.15. The van der Waals surface area contributed by atoms with E-state index >= 15 is 0 Å². The van der Waals surface area contributed by atoms with E-state index < -0.39 is 11.7 Å². The van der Waals surface area contributed by atoms with Gasteiger partial charge in [-0.15, -0.1) is 0 Å². The van der Waals surface area contributed by atoms with E-state index in [9.17, 15) is 9.18 Å². The average molecular weight is 308 g/mol. The Morgan fingerprint density at radius 2 is 2.05 bits per heavy atom. The van der Waals surface area contributed by atoms with E-state index in [-0.39, 0.29) is 16.6 Å². The van der Waals surface area contributed by atoms with Crippen molar-refractivity contribution < 1.29 is 9.18 Å². The second-order valence-electron chi connectivity index (χ2n) is 4.78. The Morgan fingerprint density at radius 1 is 1.29 bits per heavy atom. The molecule has 1 aromatic heterocycles. The summed E-state index contributed by atoms with van der Waals surface area (Å²) in [5, 5.41) is 5.77. The van der Waals surface area contributed by atoms with Crippen LogP contribution in [0.4, 0.5) is 15.9 Å². The van der Waals surface area contributed by atoms with Crippen LogP contribution in [0.25, 0.3) is 0 Å². The van der Waals surface area contributed by atoms with Crippen molar-refractivity contribution in [3.05, 3.63) is 52.9 Å². The lowest BCUT2D eigenvalue weighted by Gasteiger charge is -2.10. The molecule has 1 heterocycles. The van der Waals surface area contributed by atoms with Gasteiger partial charge in [-0.3, -0.25) is 4.79 Å². The lowest BCUT2D eigenvalue weighted by Crippen LogP contribution is -2.15. The first-order valence-electron chi connectivity index (χ1n) is 6.45. The molecule has 2 N–H and O–H groups in total. The zero-order valence-corrected chi connectivity index (χ0v) is 12.4. The number of anilines is 2. The first kappa shape index (κ1) is 15.3. The van der Waals surface area contributed by atoms with E-state index in [0.717, 1.165) is 0 Å². The molecule has 110 valence electrons. The molecule has 2 aromatic rings. The number of pyridine rings is 1. The number of aromatic nitrogens is 1. The number of nitrogens with one attached hydrogen (secondary N) is 2. The van der Waals surface area contributed by atoms with Gasteiger partial charge in [-0.05, 0) is 38.1 Å². The standard InChI is InChI=1S/C15H15ClFN3O/c1-9(2)19-13-7-6-10(8-18-13)20-15(21)14-11(16)4-3-5-12(14)17/h3-9H,1-2H3,(H,18,19)(H,20,21). The number of carbonyl (C=O) groups is 1. The maximum atomic E-state index is 13.6. The number of amides is 1. The highest BCUT2D eigenvalue weighted by Crippen LogP contribution is 2.20. The van der Waals surface area contributed by atoms with E-state index in [1.807, 2.05) is 13.8 Å². The molecule has 0 atom stereocenters. The van der Waals surface area contributed by atoms with Gasteiger partial charge in [0.2, 0.25) is 0 Å². The Morgan fingerprint density at radius 3 is 2.62 bits per heavy atom. The Bertz CT molecular complexity index is 624. The summed E-state index contributed by atoms with van der Waals surface area (Å²) in [6.07, 6.45) is 1.50. The molecule has 0 aliphatic rings. The second-order valence-corrected chi connectivity index (χ2v) is 5.19. The third kappa shape index (κ3) is 3.92. The van der Waals surface area contributed by atoms with Crippen LogP contribution in [0.5, 0.6) is 0 Å². The number of rotatable bonds is 4. The van der Waals surface area contributed by atoms with Crippen LogP contribution in [-0.4, -0.2) is 16.9 Å². The molecule has 21 heavy (non-hydrogen) atoms. The third-order valence-corrected chi connectivity index (χ3v) is 2.96. The maximum Gasteiger partial charge on any atom is 0.260 e. The first-order valence-corrected chi connectivity index (χ1v) is 6.83. The maximum absolute atomic E-state index is 13.6. The van der Waals surface area contributed by atoms with E-state index in [2.05, 4.69) is 15.6 Å². The van der Waals surface area contributed by atoms with Crippen LogP contribution in [-0.2, 0) is 0 Å². The summed E-state index contributed by atoms with van der Waals surface area (Å²) in [4.78, 5) is 16.2. The molecular weight excluding hydrogens is 293 g/mol. The molecule has 0 saturated heterocycles. The molecule has 0 saturated carbocycles. The molecule has 0 fully saturated rings. The zero-order chi connectivity index (χ0) is 15.4. The average Bonchev–Trinajstić information content (AvgIpc) is 2.40. The molecule has 6 heteroatoms. The molecule has 1 aromatic carbocycles. The molecule has 4 nitrogen and oxygen atoms in total. The van der Waals surface area contributed by atoms with Crippen molar-refractivity contribution in [3.8, 4) is 0 Å². The van der Waals surface area contributed by atoms with Crippen molar-refractivity contribution in [2.75, 3.05) is 10.6 Å². The Labute approximate surface area is 127 Å². The fourth-order valence-electron chi connectivity index (χ4n) is 1.76. The van der Waals surface area contributed by atoms with Crippen LogP contribution in [0.1, 0.15) is 24.2 Å².